The molecule has 0 aliphatic heterocycles. The van der Waals surface area contributed by atoms with E-state index in [0.29, 0.717) is 0 Å². The molecule has 0 aliphatic rings. The minimum atomic E-state index is -0.295. The molecule has 4 heteroatoms. The van der Waals surface area contributed by atoms with Crippen LogP contribution in [0.25, 0.3) is 0 Å². The Hall–Kier alpha value is -1.31. The number of nitrogens with zero attached hydrogens (tertiary/aromatic N) is 2. The summed E-state index contributed by atoms with van der Waals surface area (Å²) in [6.07, 6.45) is 8.68. The molecule has 1 aromatic rings. The standard InChI is InChI=1S/C7H10N4/c1-3-6(10-8)7-4-11(2)5-9-7/h1,4-6,10H,8H2,2H3. The fourth-order valence-electron chi connectivity index (χ4n) is 0.801. The lowest BCUT2D eigenvalue weighted by Gasteiger charge is -2.03. The minimum Gasteiger partial charge on any atom is -0.340 e. The van der Waals surface area contributed by atoms with Gasteiger partial charge in [-0.15, -0.1) is 6.42 Å². The van der Waals surface area contributed by atoms with E-state index in [9.17, 15) is 0 Å². The molecule has 58 valence electrons. The quantitative estimate of drug-likeness (QED) is 0.341. The van der Waals surface area contributed by atoms with Crippen molar-refractivity contribution in [3.05, 3.63) is 18.2 Å². The molecule has 1 aromatic heterocycles. The maximum atomic E-state index is 5.18. The number of nitrogens with one attached hydrogen (secondary N) is 1. The topological polar surface area (TPSA) is 55.9 Å². The van der Waals surface area contributed by atoms with Gasteiger partial charge in [0.25, 0.3) is 0 Å². The van der Waals surface area contributed by atoms with Crippen molar-refractivity contribution in [2.24, 2.45) is 12.9 Å². The first kappa shape index (κ1) is 7.79. The van der Waals surface area contributed by atoms with Gasteiger partial charge < -0.3 is 4.57 Å². The van der Waals surface area contributed by atoms with Crippen LogP contribution in [0.4, 0.5) is 0 Å². The maximum Gasteiger partial charge on any atom is 0.125 e. The number of hydrogen-bond donors (Lipinski definition) is 2. The van der Waals surface area contributed by atoms with Crippen molar-refractivity contribution in [2.45, 2.75) is 6.04 Å². The molecule has 4 nitrogen and oxygen atoms in total. The first-order valence-electron chi connectivity index (χ1n) is 3.18. The molecule has 0 aliphatic carbocycles. The van der Waals surface area contributed by atoms with Crippen molar-refractivity contribution < 1.29 is 0 Å². The first-order chi connectivity index (χ1) is 5.27. The third-order valence-electron chi connectivity index (χ3n) is 1.35. The van der Waals surface area contributed by atoms with Crippen LogP contribution < -0.4 is 11.3 Å². The summed E-state index contributed by atoms with van der Waals surface area (Å²) in [6, 6.07) is -0.295. The third-order valence-corrected chi connectivity index (χ3v) is 1.35. The van der Waals surface area contributed by atoms with Gasteiger partial charge >= 0.3 is 0 Å². The van der Waals surface area contributed by atoms with Crippen molar-refractivity contribution >= 4 is 0 Å². The van der Waals surface area contributed by atoms with Gasteiger partial charge in [-0.2, -0.15) is 0 Å². The Balaban J connectivity index is 2.84. The first-order valence-corrected chi connectivity index (χ1v) is 3.18. The Morgan fingerprint density at radius 3 is 3.00 bits per heavy atom. The second-order valence-corrected chi connectivity index (χ2v) is 2.23. The Kier molecular flexibility index (Phi) is 2.26. The normalized spacial score (nSPS) is 12.5. The van der Waals surface area contributed by atoms with Crippen LogP contribution in [0.15, 0.2) is 12.5 Å². The van der Waals surface area contributed by atoms with Gasteiger partial charge in [-0.25, -0.2) is 10.4 Å². The fraction of sp³-hybridized carbons (Fsp3) is 0.286. The molecule has 0 amide bonds. The van der Waals surface area contributed by atoms with E-state index in [0.717, 1.165) is 5.69 Å². The molecule has 0 saturated heterocycles. The molecule has 1 heterocycles. The van der Waals surface area contributed by atoms with Gasteiger partial charge in [0.05, 0.1) is 12.0 Å². The van der Waals surface area contributed by atoms with Crippen molar-refractivity contribution in [3.63, 3.8) is 0 Å². The molecule has 0 radical (unpaired) electrons. The van der Waals surface area contributed by atoms with Crippen LogP contribution in [0.1, 0.15) is 11.7 Å². The smallest absolute Gasteiger partial charge is 0.125 e. The molecular weight excluding hydrogens is 140 g/mol. The number of terminal acetylenes is 1. The monoisotopic (exact) mass is 150 g/mol. The van der Waals surface area contributed by atoms with Crippen LogP contribution in [0.2, 0.25) is 0 Å². The van der Waals surface area contributed by atoms with Crippen molar-refractivity contribution in [1.82, 2.24) is 15.0 Å². The number of aromatic nitrogens is 2. The van der Waals surface area contributed by atoms with Crippen molar-refractivity contribution in [2.75, 3.05) is 0 Å². The molecule has 1 rings (SSSR count). The molecule has 1 atom stereocenters. The summed E-state index contributed by atoms with van der Waals surface area (Å²) in [6.45, 7) is 0. The number of nitrogens with two attached hydrogens (primary N) is 1. The van der Waals surface area contributed by atoms with Gasteiger partial charge in [-0.1, -0.05) is 5.92 Å². The third kappa shape index (κ3) is 1.58. The van der Waals surface area contributed by atoms with Crippen molar-refractivity contribution in [1.29, 1.82) is 0 Å². The van der Waals surface area contributed by atoms with Crippen LogP contribution in [-0.4, -0.2) is 9.55 Å². The zero-order valence-electron chi connectivity index (χ0n) is 6.28. The summed E-state index contributed by atoms with van der Waals surface area (Å²) < 4.78 is 1.82. The lowest BCUT2D eigenvalue weighted by molar-refractivity contribution is 0.659. The van der Waals surface area contributed by atoms with E-state index in [1.54, 1.807) is 6.33 Å². The highest BCUT2D eigenvalue weighted by molar-refractivity contribution is 5.14. The van der Waals surface area contributed by atoms with E-state index in [1.807, 2.05) is 17.8 Å². The zero-order chi connectivity index (χ0) is 8.27. The number of imidazole rings is 1. The second kappa shape index (κ2) is 3.19. The average Bonchev–Trinajstić information content (AvgIpc) is 2.39. The molecule has 0 fully saturated rings. The van der Waals surface area contributed by atoms with E-state index in [1.165, 1.54) is 0 Å². The van der Waals surface area contributed by atoms with Gasteiger partial charge in [0.15, 0.2) is 0 Å². The van der Waals surface area contributed by atoms with E-state index in [2.05, 4.69) is 16.3 Å². The highest BCUT2D eigenvalue weighted by Gasteiger charge is 2.06. The predicted octanol–water partition coefficient (Wildman–Crippen LogP) is -0.442. The molecule has 0 spiro atoms. The van der Waals surface area contributed by atoms with Crippen LogP contribution in [-0.2, 0) is 7.05 Å². The zero-order valence-corrected chi connectivity index (χ0v) is 6.28. The van der Waals surface area contributed by atoms with Crippen LogP contribution in [0.3, 0.4) is 0 Å². The Morgan fingerprint density at radius 1 is 1.91 bits per heavy atom. The second-order valence-electron chi connectivity index (χ2n) is 2.23. The van der Waals surface area contributed by atoms with Crippen molar-refractivity contribution in [3.8, 4) is 12.3 Å². The summed E-state index contributed by atoms with van der Waals surface area (Å²) in [5, 5.41) is 0. The highest BCUT2D eigenvalue weighted by atomic mass is 15.2. The number of hydrazine groups is 1. The largest absolute Gasteiger partial charge is 0.340 e. The lowest BCUT2D eigenvalue weighted by Crippen LogP contribution is -2.26. The van der Waals surface area contributed by atoms with Crippen LogP contribution >= 0.6 is 0 Å². The van der Waals surface area contributed by atoms with E-state index < -0.39 is 0 Å². The summed E-state index contributed by atoms with van der Waals surface area (Å²) in [5.41, 5.74) is 3.23. The number of hydrogen-bond acceptors (Lipinski definition) is 3. The molecule has 11 heavy (non-hydrogen) atoms. The van der Waals surface area contributed by atoms with Gasteiger partial charge in [-0.3, -0.25) is 5.84 Å². The molecule has 1 unspecified atom stereocenters. The molecular formula is C7H10N4. The maximum absolute atomic E-state index is 5.18. The Morgan fingerprint density at radius 2 is 2.64 bits per heavy atom. The minimum absolute atomic E-state index is 0.295. The van der Waals surface area contributed by atoms with E-state index in [-0.39, 0.29) is 6.04 Å². The lowest BCUT2D eigenvalue weighted by atomic mass is 10.2. The SMILES string of the molecule is C#CC(NN)c1cn(C)cn1. The van der Waals surface area contributed by atoms with Gasteiger partial charge in [0.2, 0.25) is 0 Å². The average molecular weight is 150 g/mol. The molecule has 0 aromatic carbocycles. The van der Waals surface area contributed by atoms with Gasteiger partial charge in [0.1, 0.15) is 6.04 Å². The summed E-state index contributed by atoms with van der Waals surface area (Å²) >= 11 is 0. The summed E-state index contributed by atoms with van der Waals surface area (Å²) in [5.74, 6) is 7.65. The van der Waals surface area contributed by atoms with Crippen LogP contribution in [0.5, 0.6) is 0 Å². The van der Waals surface area contributed by atoms with Crippen LogP contribution in [0, 0.1) is 12.3 Å². The van der Waals surface area contributed by atoms with Gasteiger partial charge in [-0.05, 0) is 0 Å². The molecule has 3 N–H and O–H groups in total. The molecule has 0 bridgehead atoms. The van der Waals surface area contributed by atoms with Gasteiger partial charge in [0, 0.05) is 13.2 Å². The molecule has 0 saturated carbocycles. The predicted molar refractivity (Wildman–Crippen MR) is 42.1 cm³/mol. The summed E-state index contributed by atoms with van der Waals surface area (Å²) in [4.78, 5) is 4.04. The Labute approximate surface area is 65.4 Å². The Bertz CT molecular complexity index is 270. The number of aryl methyl sites for hydroxylation is 1. The van der Waals surface area contributed by atoms with E-state index >= 15 is 0 Å². The fourth-order valence-corrected chi connectivity index (χ4v) is 0.801. The summed E-state index contributed by atoms with van der Waals surface area (Å²) in [7, 11) is 1.88. The van der Waals surface area contributed by atoms with E-state index in [4.69, 9.17) is 12.3 Å². The highest BCUT2D eigenvalue weighted by Crippen LogP contribution is 2.05. The number of rotatable bonds is 2.